The van der Waals surface area contributed by atoms with E-state index in [9.17, 15) is 4.79 Å². The summed E-state index contributed by atoms with van der Waals surface area (Å²) in [5.41, 5.74) is 2.62. The van der Waals surface area contributed by atoms with Crippen LogP contribution < -0.4 is 4.74 Å². The van der Waals surface area contributed by atoms with Gasteiger partial charge in [0.25, 0.3) is 0 Å². The highest BCUT2D eigenvalue weighted by atomic mass is 16.5. The van der Waals surface area contributed by atoms with Crippen LogP contribution in [-0.2, 0) is 11.2 Å². The molecule has 1 aliphatic carbocycles. The molecule has 0 fully saturated rings. The van der Waals surface area contributed by atoms with Crippen molar-refractivity contribution in [3.8, 4) is 5.75 Å². The normalized spacial score (nSPS) is 16.5. The Kier molecular flexibility index (Phi) is 5.82. The molecule has 0 aromatic heterocycles. The van der Waals surface area contributed by atoms with Gasteiger partial charge in [-0.25, -0.2) is 0 Å². The largest absolute Gasteiger partial charge is 0.497 e. The summed E-state index contributed by atoms with van der Waals surface area (Å²) in [5, 5.41) is 0. The summed E-state index contributed by atoms with van der Waals surface area (Å²) < 4.78 is 5.30. The van der Waals surface area contributed by atoms with Gasteiger partial charge in [-0.1, -0.05) is 18.2 Å². The summed E-state index contributed by atoms with van der Waals surface area (Å²) in [6.07, 6.45) is 7.35. The van der Waals surface area contributed by atoms with E-state index in [4.69, 9.17) is 4.74 Å². The van der Waals surface area contributed by atoms with Crippen LogP contribution in [0.4, 0.5) is 0 Å². The summed E-state index contributed by atoms with van der Waals surface area (Å²) in [4.78, 5) is 14.3. The highest BCUT2D eigenvalue weighted by Gasteiger charge is 2.24. The number of rotatable bonds is 7. The molecule has 1 aromatic carbocycles. The summed E-state index contributed by atoms with van der Waals surface area (Å²) in [6, 6.07) is 6.22. The molecule has 0 heterocycles. The van der Waals surface area contributed by atoms with Crippen molar-refractivity contribution in [2.24, 2.45) is 0 Å². The van der Waals surface area contributed by atoms with Gasteiger partial charge in [-0.2, -0.15) is 0 Å². The van der Waals surface area contributed by atoms with Crippen LogP contribution in [0.3, 0.4) is 0 Å². The smallest absolute Gasteiger partial charge is 0.223 e. The molecule has 1 unspecified atom stereocenters. The zero-order valence-corrected chi connectivity index (χ0v) is 13.4. The van der Waals surface area contributed by atoms with Crippen molar-refractivity contribution in [2.75, 3.05) is 20.2 Å². The third-order valence-corrected chi connectivity index (χ3v) is 4.26. The molecule has 0 N–H and O–H groups in total. The third kappa shape index (κ3) is 3.79. The van der Waals surface area contributed by atoms with Crippen LogP contribution in [0, 0.1) is 0 Å². The standard InChI is InChI=1S/C19H25NO2/c1-4-11-20(12-5-2)19(21)14-16-8-6-7-15-13-17(22-3)9-10-18(15)16/h4-5,9-10,13,16H,1-2,6-8,11-12,14H2,3H3. The van der Waals surface area contributed by atoms with Crippen molar-refractivity contribution < 1.29 is 9.53 Å². The third-order valence-electron chi connectivity index (χ3n) is 4.26. The predicted molar refractivity (Wildman–Crippen MR) is 90.3 cm³/mol. The number of ether oxygens (including phenoxy) is 1. The lowest BCUT2D eigenvalue weighted by molar-refractivity contribution is -0.130. The topological polar surface area (TPSA) is 29.5 Å². The molecular weight excluding hydrogens is 274 g/mol. The summed E-state index contributed by atoms with van der Waals surface area (Å²) in [7, 11) is 1.69. The van der Waals surface area contributed by atoms with Gasteiger partial charge in [0.05, 0.1) is 7.11 Å². The monoisotopic (exact) mass is 299 g/mol. The molecule has 118 valence electrons. The van der Waals surface area contributed by atoms with Crippen molar-refractivity contribution in [1.29, 1.82) is 0 Å². The van der Waals surface area contributed by atoms with Crippen LogP contribution in [0.15, 0.2) is 43.5 Å². The number of methoxy groups -OCH3 is 1. The van der Waals surface area contributed by atoms with E-state index in [1.54, 1.807) is 24.2 Å². The Labute approximate surface area is 133 Å². The van der Waals surface area contributed by atoms with Gasteiger partial charge in [-0.15, -0.1) is 13.2 Å². The first-order chi connectivity index (χ1) is 10.7. The molecule has 0 spiro atoms. The fraction of sp³-hybridized carbons (Fsp3) is 0.421. The fourth-order valence-electron chi connectivity index (χ4n) is 3.16. The summed E-state index contributed by atoms with van der Waals surface area (Å²) >= 11 is 0. The molecule has 0 radical (unpaired) electrons. The molecule has 2 rings (SSSR count). The number of hydrogen-bond donors (Lipinski definition) is 0. The molecule has 1 aromatic rings. The number of benzene rings is 1. The molecule has 0 saturated heterocycles. The van der Waals surface area contributed by atoms with Crippen LogP contribution >= 0.6 is 0 Å². The van der Waals surface area contributed by atoms with E-state index in [2.05, 4.69) is 25.3 Å². The lowest BCUT2D eigenvalue weighted by Crippen LogP contribution is -2.32. The van der Waals surface area contributed by atoms with E-state index >= 15 is 0 Å². The minimum Gasteiger partial charge on any atom is -0.497 e. The van der Waals surface area contributed by atoms with Crippen molar-refractivity contribution in [3.05, 3.63) is 54.6 Å². The Morgan fingerprint density at radius 3 is 2.73 bits per heavy atom. The zero-order chi connectivity index (χ0) is 15.9. The molecule has 0 aliphatic heterocycles. The highest BCUT2D eigenvalue weighted by Crippen LogP contribution is 2.36. The van der Waals surface area contributed by atoms with E-state index in [1.807, 2.05) is 6.07 Å². The van der Waals surface area contributed by atoms with Crippen LogP contribution in [0.25, 0.3) is 0 Å². The summed E-state index contributed by atoms with van der Waals surface area (Å²) in [6.45, 7) is 8.60. The maximum Gasteiger partial charge on any atom is 0.223 e. The number of carbonyl (C=O) groups excluding carboxylic acids is 1. The van der Waals surface area contributed by atoms with Gasteiger partial charge in [0, 0.05) is 19.5 Å². The van der Waals surface area contributed by atoms with Gasteiger partial charge in [0.1, 0.15) is 5.75 Å². The van der Waals surface area contributed by atoms with Gasteiger partial charge in [-0.3, -0.25) is 4.79 Å². The number of amides is 1. The van der Waals surface area contributed by atoms with Gasteiger partial charge in [0.15, 0.2) is 0 Å². The van der Waals surface area contributed by atoms with Gasteiger partial charge < -0.3 is 9.64 Å². The van der Waals surface area contributed by atoms with Crippen LogP contribution in [0.2, 0.25) is 0 Å². The van der Waals surface area contributed by atoms with Crippen molar-refractivity contribution in [2.45, 2.75) is 31.6 Å². The molecule has 3 heteroatoms. The van der Waals surface area contributed by atoms with E-state index in [-0.39, 0.29) is 5.91 Å². The maximum absolute atomic E-state index is 12.5. The Morgan fingerprint density at radius 1 is 1.36 bits per heavy atom. The van der Waals surface area contributed by atoms with Crippen molar-refractivity contribution in [3.63, 3.8) is 0 Å². The number of hydrogen-bond acceptors (Lipinski definition) is 2. The molecule has 1 aliphatic rings. The quantitative estimate of drug-likeness (QED) is 0.718. The highest BCUT2D eigenvalue weighted by molar-refractivity contribution is 5.77. The van der Waals surface area contributed by atoms with Crippen molar-refractivity contribution >= 4 is 5.91 Å². The second-order valence-corrected chi connectivity index (χ2v) is 5.73. The lowest BCUT2D eigenvalue weighted by atomic mass is 9.80. The number of nitrogens with zero attached hydrogens (tertiary/aromatic N) is 1. The lowest BCUT2D eigenvalue weighted by Gasteiger charge is -2.28. The molecule has 1 atom stereocenters. The Morgan fingerprint density at radius 2 is 2.09 bits per heavy atom. The zero-order valence-electron chi connectivity index (χ0n) is 13.4. The molecule has 0 bridgehead atoms. The first kappa shape index (κ1) is 16.3. The maximum atomic E-state index is 12.5. The van der Waals surface area contributed by atoms with Crippen LogP contribution in [-0.4, -0.2) is 31.0 Å². The van der Waals surface area contributed by atoms with Crippen molar-refractivity contribution in [1.82, 2.24) is 4.90 Å². The second-order valence-electron chi connectivity index (χ2n) is 5.73. The van der Waals surface area contributed by atoms with E-state index in [1.165, 1.54) is 11.1 Å². The average Bonchev–Trinajstić information content (AvgIpc) is 2.54. The van der Waals surface area contributed by atoms with Crippen LogP contribution in [0.5, 0.6) is 5.75 Å². The van der Waals surface area contributed by atoms with Gasteiger partial charge in [0.2, 0.25) is 5.91 Å². The number of aryl methyl sites for hydroxylation is 1. The first-order valence-corrected chi connectivity index (χ1v) is 7.86. The fourth-order valence-corrected chi connectivity index (χ4v) is 3.16. The van der Waals surface area contributed by atoms with Crippen LogP contribution in [0.1, 0.15) is 36.3 Å². The van der Waals surface area contributed by atoms with E-state index in [0.29, 0.717) is 25.4 Å². The van der Waals surface area contributed by atoms with E-state index in [0.717, 1.165) is 25.0 Å². The molecule has 0 saturated carbocycles. The van der Waals surface area contributed by atoms with E-state index < -0.39 is 0 Å². The molecular formula is C19H25NO2. The molecule has 22 heavy (non-hydrogen) atoms. The Hall–Kier alpha value is -2.03. The minimum absolute atomic E-state index is 0.175. The van der Waals surface area contributed by atoms with Gasteiger partial charge in [-0.05, 0) is 48.4 Å². The predicted octanol–water partition coefficient (Wildman–Crippen LogP) is 3.71. The average molecular weight is 299 g/mol. The summed E-state index contributed by atoms with van der Waals surface area (Å²) in [5.74, 6) is 1.37. The molecule has 3 nitrogen and oxygen atoms in total. The number of carbonyl (C=O) groups is 1. The first-order valence-electron chi connectivity index (χ1n) is 7.86. The van der Waals surface area contributed by atoms with Gasteiger partial charge >= 0.3 is 0 Å². The SMILES string of the molecule is C=CCN(CC=C)C(=O)CC1CCCc2cc(OC)ccc21. The Bertz CT molecular complexity index is 540. The second kappa shape index (κ2) is 7.83. The Balaban J connectivity index is 2.12. The number of fused-ring (bicyclic) bond motifs is 1. The molecule has 1 amide bonds. The minimum atomic E-state index is 0.175.